The molecule has 110 valence electrons. The highest BCUT2D eigenvalue weighted by atomic mass is 35.5. The van der Waals surface area contributed by atoms with Crippen LogP contribution in [0, 0.1) is 5.92 Å². The molecule has 0 aromatic carbocycles. The predicted molar refractivity (Wildman–Crippen MR) is 64.0 cm³/mol. The largest absolute Gasteiger partial charge is 0.476 e. The maximum Gasteiger partial charge on any atom is 0.410 e. The highest BCUT2D eigenvalue weighted by Crippen LogP contribution is 2.47. The van der Waals surface area contributed by atoms with E-state index in [1.165, 1.54) is 0 Å². The van der Waals surface area contributed by atoms with Gasteiger partial charge >= 0.3 is 12.1 Å². The topological polar surface area (TPSA) is 67.1 Å². The highest BCUT2D eigenvalue weighted by Gasteiger charge is 2.50. The van der Waals surface area contributed by atoms with E-state index in [2.05, 4.69) is 10.4 Å². The van der Waals surface area contributed by atoms with E-state index < -0.39 is 23.9 Å². The standard InChI is InChI=1S/C11H11ClF3N3O2/c12-7-8(10(19)20)17-18-6(11(13,14)15)3-5(4-1-2-4)16-9(7)18/h4-6,16H,1-3H2,(H,19,20)/t5-,6-/m1/s1. The number of carbonyl (C=O) groups is 1. The Balaban J connectivity index is 2.06. The number of aromatic carboxylic acids is 1. The second kappa shape index (κ2) is 4.28. The number of nitrogens with one attached hydrogen (secondary N) is 1. The number of hydrogen-bond donors (Lipinski definition) is 2. The Morgan fingerprint density at radius 3 is 2.60 bits per heavy atom. The van der Waals surface area contributed by atoms with Gasteiger partial charge in [-0.15, -0.1) is 0 Å². The minimum absolute atomic E-state index is 0.0467. The summed E-state index contributed by atoms with van der Waals surface area (Å²) in [5, 5.41) is 15.1. The molecule has 3 rings (SSSR count). The fourth-order valence-corrected chi connectivity index (χ4v) is 2.82. The van der Waals surface area contributed by atoms with E-state index in [1.54, 1.807) is 0 Å². The van der Waals surface area contributed by atoms with Gasteiger partial charge in [0.15, 0.2) is 11.7 Å². The van der Waals surface area contributed by atoms with E-state index in [0.29, 0.717) is 4.68 Å². The molecule has 2 atom stereocenters. The fourth-order valence-electron chi connectivity index (χ4n) is 2.56. The number of carboxylic acids is 1. The average molecular weight is 310 g/mol. The fraction of sp³-hybridized carbons (Fsp3) is 0.636. The number of anilines is 1. The summed E-state index contributed by atoms with van der Waals surface area (Å²) in [5.41, 5.74) is -0.556. The van der Waals surface area contributed by atoms with Crippen LogP contribution in [0.4, 0.5) is 19.0 Å². The van der Waals surface area contributed by atoms with Gasteiger partial charge in [-0.1, -0.05) is 11.6 Å². The Bertz CT molecular complexity index is 568. The van der Waals surface area contributed by atoms with Crippen molar-refractivity contribution >= 4 is 23.4 Å². The molecule has 0 spiro atoms. The molecule has 5 nitrogen and oxygen atoms in total. The molecule has 1 aliphatic carbocycles. The van der Waals surface area contributed by atoms with Crippen LogP contribution in [0.15, 0.2) is 0 Å². The Labute approximate surface area is 116 Å². The molecule has 1 saturated carbocycles. The molecule has 0 unspecified atom stereocenters. The number of aromatic nitrogens is 2. The molecule has 0 amide bonds. The van der Waals surface area contributed by atoms with Gasteiger partial charge in [-0.3, -0.25) is 0 Å². The first-order chi connectivity index (χ1) is 9.29. The Morgan fingerprint density at radius 2 is 2.10 bits per heavy atom. The lowest BCUT2D eigenvalue weighted by Crippen LogP contribution is -2.40. The first kappa shape index (κ1) is 13.5. The van der Waals surface area contributed by atoms with Crippen LogP contribution in [0.1, 0.15) is 35.8 Å². The van der Waals surface area contributed by atoms with Crippen molar-refractivity contribution in [1.82, 2.24) is 9.78 Å². The van der Waals surface area contributed by atoms with Crippen LogP contribution in [0.3, 0.4) is 0 Å². The molecular weight excluding hydrogens is 299 g/mol. The zero-order chi connectivity index (χ0) is 14.7. The zero-order valence-corrected chi connectivity index (χ0v) is 10.9. The number of hydrogen-bond acceptors (Lipinski definition) is 3. The van der Waals surface area contributed by atoms with Crippen molar-refractivity contribution in [2.75, 3.05) is 5.32 Å². The minimum Gasteiger partial charge on any atom is -0.476 e. The summed E-state index contributed by atoms with van der Waals surface area (Å²) in [4.78, 5) is 11.0. The molecule has 2 N–H and O–H groups in total. The van der Waals surface area contributed by atoms with Crippen molar-refractivity contribution in [3.63, 3.8) is 0 Å². The van der Waals surface area contributed by atoms with Crippen LogP contribution < -0.4 is 5.32 Å². The molecular formula is C11H11ClF3N3O2. The van der Waals surface area contributed by atoms with E-state index >= 15 is 0 Å². The van der Waals surface area contributed by atoms with Crippen molar-refractivity contribution in [1.29, 1.82) is 0 Å². The molecule has 1 aromatic rings. The van der Waals surface area contributed by atoms with Crippen LogP contribution >= 0.6 is 11.6 Å². The summed E-state index contributed by atoms with van der Waals surface area (Å²) in [6.07, 6.45) is -2.90. The predicted octanol–water partition coefficient (Wildman–Crippen LogP) is 2.93. The maximum atomic E-state index is 13.1. The summed E-state index contributed by atoms with van der Waals surface area (Å²) in [5.74, 6) is -1.30. The van der Waals surface area contributed by atoms with Crippen LogP contribution in [-0.4, -0.2) is 33.1 Å². The van der Waals surface area contributed by atoms with Crippen LogP contribution in [0.5, 0.6) is 0 Å². The molecule has 20 heavy (non-hydrogen) atoms. The monoisotopic (exact) mass is 309 g/mol. The van der Waals surface area contributed by atoms with E-state index in [9.17, 15) is 18.0 Å². The smallest absolute Gasteiger partial charge is 0.410 e. The van der Waals surface area contributed by atoms with Gasteiger partial charge in [-0.2, -0.15) is 18.3 Å². The quantitative estimate of drug-likeness (QED) is 0.881. The van der Waals surface area contributed by atoms with Gasteiger partial charge < -0.3 is 10.4 Å². The van der Waals surface area contributed by atoms with Crippen LogP contribution in [0.25, 0.3) is 0 Å². The zero-order valence-electron chi connectivity index (χ0n) is 10.1. The summed E-state index contributed by atoms with van der Waals surface area (Å²) >= 11 is 5.85. The lowest BCUT2D eigenvalue weighted by Gasteiger charge is -2.33. The summed E-state index contributed by atoms with van der Waals surface area (Å²) < 4.78 is 40.1. The molecule has 2 heterocycles. The number of carboxylic acid groups (broad SMARTS) is 1. The number of alkyl halides is 3. The lowest BCUT2D eigenvalue weighted by atomic mass is 10.0. The summed E-state index contributed by atoms with van der Waals surface area (Å²) in [7, 11) is 0. The average Bonchev–Trinajstić information content (AvgIpc) is 3.12. The Hall–Kier alpha value is -1.44. The third-order valence-electron chi connectivity index (χ3n) is 3.72. The van der Waals surface area contributed by atoms with Crippen molar-refractivity contribution < 1.29 is 23.1 Å². The lowest BCUT2D eigenvalue weighted by molar-refractivity contribution is -0.174. The van der Waals surface area contributed by atoms with Gasteiger partial charge in [-0.25, -0.2) is 9.48 Å². The second-order valence-electron chi connectivity index (χ2n) is 5.14. The Morgan fingerprint density at radius 1 is 1.45 bits per heavy atom. The van der Waals surface area contributed by atoms with E-state index in [0.717, 1.165) is 12.8 Å². The molecule has 0 saturated heterocycles. The third kappa shape index (κ3) is 2.11. The van der Waals surface area contributed by atoms with Crippen molar-refractivity contribution in [2.24, 2.45) is 5.92 Å². The molecule has 1 aliphatic heterocycles. The SMILES string of the molecule is O=C(O)c1nn2c(c1Cl)N[C@@H](C1CC1)C[C@@H]2C(F)(F)F. The first-order valence-electron chi connectivity index (χ1n) is 6.13. The molecule has 2 aliphatic rings. The number of fused-ring (bicyclic) bond motifs is 1. The number of halogens is 4. The number of nitrogens with zero attached hydrogens (tertiary/aromatic N) is 2. The first-order valence-corrected chi connectivity index (χ1v) is 6.51. The Kier molecular flexibility index (Phi) is 2.89. The van der Waals surface area contributed by atoms with Crippen molar-refractivity contribution in [3.8, 4) is 0 Å². The molecule has 1 aromatic heterocycles. The minimum atomic E-state index is -4.49. The van der Waals surface area contributed by atoms with Crippen molar-refractivity contribution in [2.45, 2.75) is 37.5 Å². The van der Waals surface area contributed by atoms with Gasteiger partial charge in [0, 0.05) is 6.04 Å². The van der Waals surface area contributed by atoms with E-state index in [4.69, 9.17) is 16.7 Å². The third-order valence-corrected chi connectivity index (χ3v) is 4.08. The number of rotatable bonds is 2. The van der Waals surface area contributed by atoms with Gasteiger partial charge in [0.25, 0.3) is 0 Å². The molecule has 9 heteroatoms. The van der Waals surface area contributed by atoms with Gasteiger partial charge in [0.1, 0.15) is 10.8 Å². The normalized spacial score (nSPS) is 26.0. The molecule has 1 fully saturated rings. The summed E-state index contributed by atoms with van der Waals surface area (Å²) in [6.45, 7) is 0. The summed E-state index contributed by atoms with van der Waals surface area (Å²) in [6, 6.07) is -2.18. The van der Waals surface area contributed by atoms with Crippen molar-refractivity contribution in [3.05, 3.63) is 10.7 Å². The second-order valence-corrected chi connectivity index (χ2v) is 5.52. The highest BCUT2D eigenvalue weighted by molar-refractivity contribution is 6.35. The van der Waals surface area contributed by atoms with Gasteiger partial charge in [0.2, 0.25) is 0 Å². The van der Waals surface area contributed by atoms with Crippen LogP contribution in [0.2, 0.25) is 5.02 Å². The maximum absolute atomic E-state index is 13.1. The molecule has 0 radical (unpaired) electrons. The van der Waals surface area contributed by atoms with E-state index in [1.807, 2.05) is 0 Å². The van der Waals surface area contributed by atoms with E-state index in [-0.39, 0.29) is 29.2 Å². The molecule has 0 bridgehead atoms. The van der Waals surface area contributed by atoms with Gasteiger partial charge in [0.05, 0.1) is 0 Å². The van der Waals surface area contributed by atoms with Gasteiger partial charge in [-0.05, 0) is 25.2 Å². The van der Waals surface area contributed by atoms with Crippen LogP contribution in [-0.2, 0) is 0 Å².